The van der Waals surface area contributed by atoms with Gasteiger partial charge in [0.1, 0.15) is 0 Å². The van der Waals surface area contributed by atoms with Crippen LogP contribution in [0.3, 0.4) is 0 Å². The molecule has 0 aliphatic carbocycles. The van der Waals surface area contributed by atoms with Gasteiger partial charge in [0.2, 0.25) is 5.91 Å². The molecule has 0 aromatic heterocycles. The van der Waals surface area contributed by atoms with Crippen molar-refractivity contribution in [3.8, 4) is 0 Å². The van der Waals surface area contributed by atoms with Crippen LogP contribution in [0.4, 0.5) is 5.69 Å². The van der Waals surface area contributed by atoms with Crippen molar-refractivity contribution < 1.29 is 4.79 Å². The first-order valence-corrected chi connectivity index (χ1v) is 7.52. The zero-order valence-corrected chi connectivity index (χ0v) is 12.9. The van der Waals surface area contributed by atoms with E-state index >= 15 is 0 Å². The first-order chi connectivity index (χ1) is 9.42. The van der Waals surface area contributed by atoms with Gasteiger partial charge in [-0.25, -0.2) is 0 Å². The van der Waals surface area contributed by atoms with E-state index in [-0.39, 0.29) is 17.2 Å². The number of amides is 1. The Balaban J connectivity index is 2.21. The van der Waals surface area contributed by atoms with Crippen LogP contribution in [-0.4, -0.2) is 19.0 Å². The van der Waals surface area contributed by atoms with Gasteiger partial charge in [-0.05, 0) is 36.3 Å². The number of anilines is 1. The van der Waals surface area contributed by atoms with Gasteiger partial charge >= 0.3 is 0 Å². The highest BCUT2D eigenvalue weighted by Crippen LogP contribution is 2.31. The van der Waals surface area contributed by atoms with Crippen LogP contribution in [0.2, 0.25) is 0 Å². The average molecular weight is 274 g/mol. The van der Waals surface area contributed by atoms with E-state index in [0.29, 0.717) is 6.54 Å². The van der Waals surface area contributed by atoms with Crippen LogP contribution in [-0.2, 0) is 11.2 Å². The third kappa shape index (κ3) is 3.40. The summed E-state index contributed by atoms with van der Waals surface area (Å²) in [6.07, 6.45) is 2.93. The van der Waals surface area contributed by atoms with E-state index < -0.39 is 0 Å². The second kappa shape index (κ2) is 5.96. The number of aryl methyl sites for hydroxylation is 1. The maximum Gasteiger partial charge on any atom is 0.231 e. The molecule has 2 N–H and O–H groups in total. The van der Waals surface area contributed by atoms with Gasteiger partial charge in [-0.3, -0.25) is 4.79 Å². The van der Waals surface area contributed by atoms with Gasteiger partial charge in [-0.2, -0.15) is 0 Å². The molecule has 1 unspecified atom stereocenters. The second-order valence-corrected chi connectivity index (χ2v) is 6.92. The van der Waals surface area contributed by atoms with Crippen molar-refractivity contribution in [2.45, 2.75) is 40.0 Å². The summed E-state index contributed by atoms with van der Waals surface area (Å²) >= 11 is 0. The van der Waals surface area contributed by atoms with Gasteiger partial charge in [-0.15, -0.1) is 0 Å². The summed E-state index contributed by atoms with van der Waals surface area (Å²) in [4.78, 5) is 14.8. The minimum atomic E-state index is -0.0823. The molecule has 0 spiro atoms. The molecule has 1 aliphatic rings. The number of hydrogen-bond acceptors (Lipinski definition) is 2. The summed E-state index contributed by atoms with van der Waals surface area (Å²) in [6.45, 7) is 7.72. The number of hydrogen-bond donors (Lipinski definition) is 1. The van der Waals surface area contributed by atoms with E-state index in [1.807, 2.05) is 17.0 Å². The Hall–Kier alpha value is -1.35. The molecule has 1 aromatic rings. The molecule has 1 atom stereocenters. The van der Waals surface area contributed by atoms with E-state index in [9.17, 15) is 4.79 Å². The Morgan fingerprint density at radius 3 is 2.70 bits per heavy atom. The third-order valence-corrected chi connectivity index (χ3v) is 3.87. The number of rotatable bonds is 3. The van der Waals surface area contributed by atoms with Crippen molar-refractivity contribution in [2.75, 3.05) is 18.0 Å². The number of nitrogens with zero attached hydrogens (tertiary/aromatic N) is 1. The predicted molar refractivity (Wildman–Crippen MR) is 83.7 cm³/mol. The summed E-state index contributed by atoms with van der Waals surface area (Å²) in [5.74, 6) is 0.107. The highest BCUT2D eigenvalue weighted by molar-refractivity contribution is 5.96. The highest BCUT2D eigenvalue weighted by Gasteiger charge is 2.30. The Morgan fingerprint density at radius 1 is 1.35 bits per heavy atom. The molecule has 3 heteroatoms. The molecule has 1 aromatic carbocycles. The topological polar surface area (TPSA) is 46.3 Å². The van der Waals surface area contributed by atoms with Crippen LogP contribution in [0.15, 0.2) is 24.3 Å². The molecule has 0 saturated carbocycles. The molecular weight excluding hydrogens is 248 g/mol. The Kier molecular flexibility index (Phi) is 4.48. The average Bonchev–Trinajstić information content (AvgIpc) is 2.42. The Labute approximate surface area is 122 Å². The van der Waals surface area contributed by atoms with Gasteiger partial charge in [0.25, 0.3) is 0 Å². The molecule has 3 nitrogen and oxygen atoms in total. The van der Waals surface area contributed by atoms with Gasteiger partial charge in [0.05, 0.1) is 5.92 Å². The molecule has 1 aliphatic heterocycles. The minimum absolute atomic E-state index is 0.0823. The van der Waals surface area contributed by atoms with Crippen molar-refractivity contribution in [2.24, 2.45) is 17.1 Å². The monoisotopic (exact) mass is 274 g/mol. The smallest absolute Gasteiger partial charge is 0.231 e. The van der Waals surface area contributed by atoms with Crippen LogP contribution in [0.25, 0.3) is 0 Å². The van der Waals surface area contributed by atoms with Crippen molar-refractivity contribution in [3.05, 3.63) is 29.8 Å². The number of nitrogens with two attached hydrogens (primary N) is 1. The summed E-state index contributed by atoms with van der Waals surface area (Å²) in [5.41, 5.74) is 8.34. The van der Waals surface area contributed by atoms with E-state index in [4.69, 9.17) is 5.73 Å². The number of carbonyl (C=O) groups excluding carboxylic acids is 1. The molecular formula is C17H26N2O. The molecule has 20 heavy (non-hydrogen) atoms. The van der Waals surface area contributed by atoms with E-state index in [2.05, 4.69) is 32.9 Å². The first kappa shape index (κ1) is 15.0. The van der Waals surface area contributed by atoms with Crippen molar-refractivity contribution >= 4 is 11.6 Å². The number of fused-ring (bicyclic) bond motifs is 1. The fourth-order valence-corrected chi connectivity index (χ4v) is 2.99. The van der Waals surface area contributed by atoms with Gasteiger partial charge in [0.15, 0.2) is 0 Å². The normalized spacial score (nSPS) is 16.7. The van der Waals surface area contributed by atoms with Gasteiger partial charge in [0, 0.05) is 18.8 Å². The quantitative estimate of drug-likeness (QED) is 0.921. The minimum Gasteiger partial charge on any atom is -0.330 e. The summed E-state index contributed by atoms with van der Waals surface area (Å²) < 4.78 is 0. The summed E-state index contributed by atoms with van der Waals surface area (Å²) in [7, 11) is 0. The summed E-state index contributed by atoms with van der Waals surface area (Å²) in [5, 5.41) is 0. The van der Waals surface area contributed by atoms with Crippen molar-refractivity contribution in [1.82, 2.24) is 0 Å². The van der Waals surface area contributed by atoms with Gasteiger partial charge in [-0.1, -0.05) is 39.0 Å². The zero-order valence-electron chi connectivity index (χ0n) is 12.9. The van der Waals surface area contributed by atoms with E-state index in [1.54, 1.807) is 0 Å². The standard InChI is InChI=1S/C17H26N2O/c1-17(2,3)11-14(12-18)16(20)19-10-6-8-13-7-4-5-9-15(13)19/h4-5,7,9,14H,6,8,10-12,18H2,1-3H3. The largest absolute Gasteiger partial charge is 0.330 e. The van der Waals surface area contributed by atoms with Crippen LogP contribution >= 0.6 is 0 Å². The van der Waals surface area contributed by atoms with Crippen molar-refractivity contribution in [1.29, 1.82) is 0 Å². The SMILES string of the molecule is CC(C)(C)CC(CN)C(=O)N1CCCc2ccccc21. The maximum absolute atomic E-state index is 12.8. The number of para-hydroxylation sites is 1. The zero-order chi connectivity index (χ0) is 14.8. The lowest BCUT2D eigenvalue weighted by Crippen LogP contribution is -2.43. The van der Waals surface area contributed by atoms with E-state index in [1.165, 1.54) is 5.56 Å². The van der Waals surface area contributed by atoms with Crippen LogP contribution in [0.1, 0.15) is 39.2 Å². The second-order valence-electron chi connectivity index (χ2n) is 6.92. The lowest BCUT2D eigenvalue weighted by molar-refractivity contribution is -0.123. The highest BCUT2D eigenvalue weighted by atomic mass is 16.2. The van der Waals surface area contributed by atoms with E-state index in [0.717, 1.165) is 31.5 Å². The maximum atomic E-state index is 12.8. The lowest BCUT2D eigenvalue weighted by Gasteiger charge is -2.34. The Morgan fingerprint density at radius 2 is 2.05 bits per heavy atom. The third-order valence-electron chi connectivity index (χ3n) is 3.87. The molecule has 0 radical (unpaired) electrons. The first-order valence-electron chi connectivity index (χ1n) is 7.52. The molecule has 0 fully saturated rings. The van der Waals surface area contributed by atoms with Crippen LogP contribution < -0.4 is 10.6 Å². The molecule has 1 amide bonds. The predicted octanol–water partition coefficient (Wildman–Crippen LogP) is 2.98. The lowest BCUT2D eigenvalue weighted by atomic mass is 9.83. The fraction of sp³-hybridized carbons (Fsp3) is 0.588. The molecule has 1 heterocycles. The number of benzene rings is 1. The van der Waals surface area contributed by atoms with Crippen molar-refractivity contribution in [3.63, 3.8) is 0 Å². The molecule has 110 valence electrons. The molecule has 2 rings (SSSR count). The number of carbonyl (C=O) groups is 1. The summed E-state index contributed by atoms with van der Waals surface area (Å²) in [6, 6.07) is 8.22. The molecule has 0 saturated heterocycles. The van der Waals surface area contributed by atoms with Gasteiger partial charge < -0.3 is 10.6 Å². The fourth-order valence-electron chi connectivity index (χ4n) is 2.99. The van der Waals surface area contributed by atoms with Crippen LogP contribution in [0.5, 0.6) is 0 Å². The molecule has 0 bridgehead atoms. The Bertz CT molecular complexity index is 476. The van der Waals surface area contributed by atoms with Crippen LogP contribution in [0, 0.1) is 11.3 Å².